The zero-order chi connectivity index (χ0) is 14.6. The highest BCUT2D eigenvalue weighted by atomic mass is 16.3. The van der Waals surface area contributed by atoms with Crippen molar-refractivity contribution in [2.45, 2.75) is 76.9 Å². The first-order chi connectivity index (χ1) is 10.2. The first-order valence-corrected chi connectivity index (χ1v) is 9.22. The summed E-state index contributed by atoms with van der Waals surface area (Å²) in [6, 6.07) is 0. The molecule has 0 heterocycles. The fraction of sp³-hybridized carbons (Fsp3) is 0.895. The Morgan fingerprint density at radius 2 is 2.05 bits per heavy atom. The molecule has 3 saturated carbocycles. The molecule has 2 nitrogen and oxygen atoms in total. The van der Waals surface area contributed by atoms with E-state index in [-0.39, 0.29) is 17.6 Å². The lowest BCUT2D eigenvalue weighted by Crippen LogP contribution is -2.54. The third-order valence-corrected chi connectivity index (χ3v) is 7.69. The van der Waals surface area contributed by atoms with Crippen molar-refractivity contribution in [2.75, 3.05) is 0 Å². The van der Waals surface area contributed by atoms with E-state index in [9.17, 15) is 10.2 Å². The van der Waals surface area contributed by atoms with Crippen molar-refractivity contribution in [1.29, 1.82) is 0 Å². The Morgan fingerprint density at radius 1 is 1.19 bits per heavy atom. The van der Waals surface area contributed by atoms with Crippen LogP contribution in [0.4, 0.5) is 0 Å². The van der Waals surface area contributed by atoms with Crippen LogP contribution in [0.1, 0.15) is 64.7 Å². The summed E-state index contributed by atoms with van der Waals surface area (Å²) in [5.74, 6) is 2.46. The molecule has 0 aromatic heterocycles. The molecule has 0 bridgehead atoms. The predicted molar refractivity (Wildman–Crippen MR) is 83.7 cm³/mol. The van der Waals surface area contributed by atoms with Crippen molar-refractivity contribution < 1.29 is 10.2 Å². The smallest absolute Gasteiger partial charge is 0.0600 e. The lowest BCUT2D eigenvalue weighted by molar-refractivity contribution is -0.129. The van der Waals surface area contributed by atoms with E-state index in [1.165, 1.54) is 38.5 Å². The highest BCUT2D eigenvalue weighted by molar-refractivity contribution is 5.20. The van der Waals surface area contributed by atoms with Crippen LogP contribution in [-0.2, 0) is 0 Å². The van der Waals surface area contributed by atoms with Crippen LogP contribution >= 0.6 is 0 Å². The number of hydrogen-bond donors (Lipinski definition) is 2. The fourth-order valence-corrected chi connectivity index (χ4v) is 6.79. The molecule has 0 aromatic rings. The zero-order valence-electron chi connectivity index (χ0n) is 13.3. The van der Waals surface area contributed by atoms with Gasteiger partial charge in [-0.25, -0.2) is 0 Å². The third kappa shape index (κ3) is 1.91. The van der Waals surface area contributed by atoms with Gasteiger partial charge in [0.15, 0.2) is 0 Å². The lowest BCUT2D eigenvalue weighted by atomic mass is 9.50. The molecule has 0 aromatic carbocycles. The minimum absolute atomic E-state index is 0.0243. The Bertz CT molecular complexity index is 443. The molecule has 0 radical (unpaired) electrons. The number of fused-ring (bicyclic) bond motifs is 5. The highest BCUT2D eigenvalue weighted by Gasteiger charge is 2.59. The van der Waals surface area contributed by atoms with Crippen LogP contribution in [0.5, 0.6) is 0 Å². The van der Waals surface area contributed by atoms with Gasteiger partial charge in [-0.15, -0.1) is 0 Å². The molecule has 7 atom stereocenters. The topological polar surface area (TPSA) is 40.5 Å². The van der Waals surface area contributed by atoms with Gasteiger partial charge < -0.3 is 10.2 Å². The van der Waals surface area contributed by atoms with E-state index >= 15 is 0 Å². The number of aliphatic hydroxyl groups excluding tert-OH is 2. The Hall–Kier alpha value is -0.340. The molecule has 3 fully saturated rings. The largest absolute Gasteiger partial charge is 0.393 e. The van der Waals surface area contributed by atoms with Gasteiger partial charge in [0.1, 0.15) is 0 Å². The van der Waals surface area contributed by atoms with E-state index in [4.69, 9.17) is 0 Å². The molecular formula is C19H30O2. The molecule has 0 spiro atoms. The molecule has 0 amide bonds. The van der Waals surface area contributed by atoms with Gasteiger partial charge in [-0.1, -0.05) is 18.6 Å². The molecule has 0 aliphatic heterocycles. The van der Waals surface area contributed by atoms with E-state index in [1.54, 1.807) is 5.57 Å². The number of rotatable bonds is 1. The van der Waals surface area contributed by atoms with Gasteiger partial charge in [-0.05, 0) is 81.5 Å². The predicted octanol–water partition coefficient (Wildman–Crippen LogP) is 3.67. The Labute approximate surface area is 128 Å². The number of allylic oxidation sites excluding steroid dienone is 2. The van der Waals surface area contributed by atoms with Crippen LogP contribution in [-0.4, -0.2) is 22.4 Å². The van der Waals surface area contributed by atoms with Crippen molar-refractivity contribution in [3.8, 4) is 0 Å². The van der Waals surface area contributed by atoms with Gasteiger partial charge in [0.05, 0.1) is 12.2 Å². The Kier molecular flexibility index (Phi) is 3.46. The summed E-state index contributed by atoms with van der Waals surface area (Å²) in [7, 11) is 0. The van der Waals surface area contributed by atoms with Crippen LogP contribution in [0, 0.1) is 29.1 Å². The maximum Gasteiger partial charge on any atom is 0.0600 e. The van der Waals surface area contributed by atoms with Gasteiger partial charge in [0.2, 0.25) is 0 Å². The Morgan fingerprint density at radius 3 is 2.86 bits per heavy atom. The van der Waals surface area contributed by atoms with E-state index in [0.717, 1.165) is 19.3 Å². The number of aliphatic hydroxyl groups is 2. The third-order valence-electron chi connectivity index (χ3n) is 7.69. The van der Waals surface area contributed by atoms with Crippen molar-refractivity contribution in [1.82, 2.24) is 0 Å². The van der Waals surface area contributed by atoms with Gasteiger partial charge in [0, 0.05) is 5.41 Å². The average molecular weight is 290 g/mol. The van der Waals surface area contributed by atoms with Crippen molar-refractivity contribution >= 4 is 0 Å². The lowest BCUT2D eigenvalue weighted by Gasteiger charge is -2.56. The average Bonchev–Trinajstić information content (AvgIpc) is 2.84. The van der Waals surface area contributed by atoms with E-state index in [2.05, 4.69) is 13.0 Å². The minimum Gasteiger partial charge on any atom is -0.393 e. The maximum absolute atomic E-state index is 11.0. The molecule has 21 heavy (non-hydrogen) atoms. The second-order valence-electron chi connectivity index (χ2n) is 8.15. The summed E-state index contributed by atoms with van der Waals surface area (Å²) in [6.07, 6.45) is 12.5. The van der Waals surface area contributed by atoms with Gasteiger partial charge in [-0.3, -0.25) is 0 Å². The molecule has 4 rings (SSSR count). The molecule has 118 valence electrons. The summed E-state index contributed by atoms with van der Waals surface area (Å²) in [5.41, 5.74) is 1.68. The summed E-state index contributed by atoms with van der Waals surface area (Å²) in [6.45, 7) is 2.23. The number of hydrogen-bond acceptors (Lipinski definition) is 2. The SMILES string of the molecule is CC[C@]12C[C@@H](O)[C@H]3[C@@H](CCC4=CCCC[C@@H]43)[C@@H]1CC[C@@H]2O. The van der Waals surface area contributed by atoms with Crippen molar-refractivity contribution in [3.05, 3.63) is 11.6 Å². The molecular weight excluding hydrogens is 260 g/mol. The minimum atomic E-state index is -0.189. The molecule has 4 aliphatic carbocycles. The second-order valence-corrected chi connectivity index (χ2v) is 8.15. The zero-order valence-corrected chi connectivity index (χ0v) is 13.3. The van der Waals surface area contributed by atoms with Crippen LogP contribution < -0.4 is 0 Å². The fourth-order valence-electron chi connectivity index (χ4n) is 6.79. The van der Waals surface area contributed by atoms with Crippen molar-refractivity contribution in [2.24, 2.45) is 29.1 Å². The van der Waals surface area contributed by atoms with Crippen molar-refractivity contribution in [3.63, 3.8) is 0 Å². The normalized spacial score (nSPS) is 52.6. The monoisotopic (exact) mass is 290 g/mol. The first-order valence-electron chi connectivity index (χ1n) is 9.22. The summed E-state index contributed by atoms with van der Waals surface area (Å²) < 4.78 is 0. The molecule has 4 aliphatic rings. The van der Waals surface area contributed by atoms with Crippen LogP contribution in [0.25, 0.3) is 0 Å². The first kappa shape index (κ1) is 14.3. The van der Waals surface area contributed by atoms with Crippen LogP contribution in [0.2, 0.25) is 0 Å². The van der Waals surface area contributed by atoms with Crippen LogP contribution in [0.3, 0.4) is 0 Å². The molecule has 2 heteroatoms. The quantitative estimate of drug-likeness (QED) is 0.723. The maximum atomic E-state index is 11.0. The molecule has 0 saturated heterocycles. The van der Waals surface area contributed by atoms with Gasteiger partial charge >= 0.3 is 0 Å². The van der Waals surface area contributed by atoms with E-state index in [1.807, 2.05) is 0 Å². The standard InChI is InChI=1S/C19H30O2/c1-2-19-11-16(20)18-13-6-4-3-5-12(13)7-8-14(18)15(19)9-10-17(19)21/h5,13-18,20-21H,2-4,6-11H2,1H3/t13-,14-,15-,16+,17-,18+,19-/m0/s1. The summed E-state index contributed by atoms with van der Waals surface area (Å²) in [4.78, 5) is 0. The van der Waals surface area contributed by atoms with Crippen LogP contribution in [0.15, 0.2) is 11.6 Å². The second kappa shape index (κ2) is 5.09. The van der Waals surface area contributed by atoms with Gasteiger partial charge in [0.25, 0.3) is 0 Å². The highest BCUT2D eigenvalue weighted by Crippen LogP contribution is 2.63. The summed E-state index contributed by atoms with van der Waals surface area (Å²) >= 11 is 0. The molecule has 0 unspecified atom stereocenters. The van der Waals surface area contributed by atoms with Gasteiger partial charge in [-0.2, -0.15) is 0 Å². The van der Waals surface area contributed by atoms with E-state index < -0.39 is 0 Å². The summed E-state index contributed by atoms with van der Waals surface area (Å²) in [5, 5.41) is 21.6. The Balaban J connectivity index is 1.69. The molecule has 2 N–H and O–H groups in total. The van der Waals surface area contributed by atoms with E-state index in [0.29, 0.717) is 23.7 Å².